The Labute approximate surface area is 187 Å². The van der Waals surface area contributed by atoms with Gasteiger partial charge < -0.3 is 4.74 Å². The number of hydrogen-bond acceptors (Lipinski definition) is 6. The van der Waals surface area contributed by atoms with Gasteiger partial charge in [0, 0.05) is 35.5 Å². The van der Waals surface area contributed by atoms with E-state index in [0.29, 0.717) is 13.0 Å². The Morgan fingerprint density at radius 1 is 0.906 bits per heavy atom. The lowest BCUT2D eigenvalue weighted by atomic mass is 9.93. The highest BCUT2D eigenvalue weighted by molar-refractivity contribution is 5.80. The van der Waals surface area contributed by atoms with E-state index in [4.69, 9.17) is 4.74 Å². The van der Waals surface area contributed by atoms with Gasteiger partial charge in [0.15, 0.2) is 0 Å². The van der Waals surface area contributed by atoms with Gasteiger partial charge >= 0.3 is 5.97 Å². The highest BCUT2D eigenvalue weighted by atomic mass is 16.5. The van der Waals surface area contributed by atoms with Crippen LogP contribution in [0.15, 0.2) is 97.7 Å². The van der Waals surface area contributed by atoms with Crippen LogP contribution >= 0.6 is 0 Å². The predicted molar refractivity (Wildman–Crippen MR) is 124 cm³/mol. The lowest BCUT2D eigenvalue weighted by molar-refractivity contribution is -0.144. The fourth-order valence-corrected chi connectivity index (χ4v) is 3.63. The summed E-state index contributed by atoms with van der Waals surface area (Å²) in [5.74, 6) is -0.0846. The molecule has 1 unspecified atom stereocenters. The van der Waals surface area contributed by atoms with Gasteiger partial charge in [0.25, 0.3) is 0 Å². The van der Waals surface area contributed by atoms with Gasteiger partial charge in [-0.05, 0) is 49.2 Å². The van der Waals surface area contributed by atoms with E-state index in [1.165, 1.54) is 6.33 Å². The molecule has 6 nitrogen and oxygen atoms in total. The van der Waals surface area contributed by atoms with E-state index in [-0.39, 0.29) is 5.97 Å². The third-order valence-electron chi connectivity index (χ3n) is 5.09. The van der Waals surface area contributed by atoms with Crippen LogP contribution in [0, 0.1) is 0 Å². The van der Waals surface area contributed by atoms with Crippen molar-refractivity contribution >= 4 is 23.2 Å². The van der Waals surface area contributed by atoms with Crippen LogP contribution in [0.25, 0.3) is 0 Å². The van der Waals surface area contributed by atoms with Gasteiger partial charge in [-0.2, -0.15) is 0 Å². The highest BCUT2D eigenvalue weighted by Gasteiger charge is 2.26. The van der Waals surface area contributed by atoms with Crippen LogP contribution in [0.1, 0.15) is 24.0 Å². The minimum Gasteiger partial charge on any atom is -0.466 e. The molecule has 2 heterocycles. The first-order chi connectivity index (χ1) is 15.8. The van der Waals surface area contributed by atoms with Gasteiger partial charge in [-0.15, -0.1) is 0 Å². The van der Waals surface area contributed by atoms with E-state index in [2.05, 4.69) is 19.9 Å². The molecule has 0 amide bonds. The molecule has 4 aromatic rings. The van der Waals surface area contributed by atoms with Gasteiger partial charge in [-0.3, -0.25) is 14.7 Å². The Bertz CT molecular complexity index is 1100. The van der Waals surface area contributed by atoms with Crippen molar-refractivity contribution in [1.82, 2.24) is 15.0 Å². The standard InChI is InChI=1S/C26H24N4O2/c1-2-32-26(31)24(20-10-9-15-27-17-20)16-21-18-28-19-29-25(21)30(22-11-5-3-6-12-22)23-13-7-4-8-14-23/h3-15,17-19,24H,2,16H2,1H3. The summed E-state index contributed by atoms with van der Waals surface area (Å²) < 4.78 is 5.38. The third-order valence-corrected chi connectivity index (χ3v) is 5.09. The van der Waals surface area contributed by atoms with E-state index in [1.807, 2.05) is 79.7 Å². The van der Waals surface area contributed by atoms with Gasteiger partial charge in [0.2, 0.25) is 0 Å². The second-order valence-electron chi connectivity index (χ2n) is 7.17. The van der Waals surface area contributed by atoms with Crippen molar-refractivity contribution in [3.8, 4) is 0 Å². The van der Waals surface area contributed by atoms with Crippen molar-refractivity contribution in [3.05, 3.63) is 109 Å². The molecule has 0 spiro atoms. The maximum Gasteiger partial charge on any atom is 0.313 e. The molecule has 160 valence electrons. The molecule has 0 saturated heterocycles. The molecule has 0 aliphatic carbocycles. The molecule has 4 rings (SSSR count). The number of aromatic nitrogens is 3. The van der Waals surface area contributed by atoms with Crippen LogP contribution in [0.3, 0.4) is 0 Å². The van der Waals surface area contributed by atoms with Gasteiger partial charge in [-0.25, -0.2) is 9.97 Å². The number of rotatable bonds is 8. The second kappa shape index (κ2) is 10.3. The van der Waals surface area contributed by atoms with Crippen LogP contribution in [-0.2, 0) is 16.0 Å². The average Bonchev–Trinajstić information content (AvgIpc) is 2.85. The molecule has 0 aliphatic rings. The number of esters is 1. The Hall–Kier alpha value is -4.06. The van der Waals surface area contributed by atoms with Gasteiger partial charge in [0.05, 0.1) is 12.5 Å². The zero-order valence-electron chi connectivity index (χ0n) is 17.8. The number of hydrogen-bond donors (Lipinski definition) is 0. The number of benzene rings is 2. The molecule has 0 radical (unpaired) electrons. The molecule has 0 fully saturated rings. The number of carbonyl (C=O) groups excluding carboxylic acids is 1. The van der Waals surface area contributed by atoms with Crippen LogP contribution < -0.4 is 4.90 Å². The largest absolute Gasteiger partial charge is 0.466 e. The number of pyridine rings is 1. The first-order valence-electron chi connectivity index (χ1n) is 10.5. The normalized spacial score (nSPS) is 11.5. The molecule has 0 saturated carbocycles. The summed E-state index contributed by atoms with van der Waals surface area (Å²) in [5.41, 5.74) is 3.56. The van der Waals surface area contributed by atoms with Crippen molar-refractivity contribution in [3.63, 3.8) is 0 Å². The average molecular weight is 425 g/mol. The number of anilines is 3. The third kappa shape index (κ3) is 4.81. The number of nitrogens with zero attached hydrogens (tertiary/aromatic N) is 4. The molecular weight excluding hydrogens is 400 g/mol. The smallest absolute Gasteiger partial charge is 0.313 e. The lowest BCUT2D eigenvalue weighted by Crippen LogP contribution is -2.21. The fourth-order valence-electron chi connectivity index (χ4n) is 3.63. The summed E-state index contributed by atoms with van der Waals surface area (Å²) in [4.78, 5) is 28.0. The second-order valence-corrected chi connectivity index (χ2v) is 7.17. The maximum atomic E-state index is 12.9. The molecule has 0 bridgehead atoms. The molecule has 0 aliphatic heterocycles. The van der Waals surface area contributed by atoms with Crippen molar-refractivity contribution in [2.75, 3.05) is 11.5 Å². The maximum absolute atomic E-state index is 12.9. The van der Waals surface area contributed by atoms with E-state index < -0.39 is 5.92 Å². The van der Waals surface area contributed by atoms with Gasteiger partial charge in [0.1, 0.15) is 12.1 Å². The molecule has 2 aromatic carbocycles. The monoisotopic (exact) mass is 424 g/mol. The van der Waals surface area contributed by atoms with E-state index in [0.717, 1.165) is 28.3 Å². The first-order valence-corrected chi connectivity index (χ1v) is 10.5. The Kier molecular flexibility index (Phi) is 6.82. The Morgan fingerprint density at radius 3 is 2.19 bits per heavy atom. The SMILES string of the molecule is CCOC(=O)C(Cc1cncnc1N(c1ccccc1)c1ccccc1)c1cccnc1. The zero-order chi connectivity index (χ0) is 22.2. The van der Waals surface area contributed by atoms with Crippen molar-refractivity contribution in [2.45, 2.75) is 19.3 Å². The van der Waals surface area contributed by atoms with Crippen LogP contribution in [0.5, 0.6) is 0 Å². The topological polar surface area (TPSA) is 68.2 Å². The van der Waals surface area contributed by atoms with E-state index in [1.54, 1.807) is 18.6 Å². The van der Waals surface area contributed by atoms with Crippen LogP contribution in [0.2, 0.25) is 0 Å². The summed E-state index contributed by atoms with van der Waals surface area (Å²) in [6.07, 6.45) is 7.08. The minimum absolute atomic E-state index is 0.290. The molecule has 2 aromatic heterocycles. The minimum atomic E-state index is -0.512. The molecular formula is C26H24N4O2. The van der Waals surface area contributed by atoms with Crippen molar-refractivity contribution < 1.29 is 9.53 Å². The van der Waals surface area contributed by atoms with E-state index in [9.17, 15) is 4.79 Å². The first kappa shape index (κ1) is 21.2. The molecule has 0 N–H and O–H groups in total. The fraction of sp³-hybridized carbons (Fsp3) is 0.154. The molecule has 1 atom stereocenters. The summed E-state index contributed by atoms with van der Waals surface area (Å²) in [5, 5.41) is 0. The van der Waals surface area contributed by atoms with E-state index >= 15 is 0 Å². The Morgan fingerprint density at radius 2 is 1.59 bits per heavy atom. The summed E-state index contributed by atoms with van der Waals surface area (Å²) >= 11 is 0. The van der Waals surface area contributed by atoms with Crippen molar-refractivity contribution in [2.24, 2.45) is 0 Å². The summed E-state index contributed by atoms with van der Waals surface area (Å²) in [6, 6.07) is 23.8. The van der Waals surface area contributed by atoms with Crippen molar-refractivity contribution in [1.29, 1.82) is 0 Å². The lowest BCUT2D eigenvalue weighted by Gasteiger charge is -2.27. The van der Waals surface area contributed by atoms with Crippen LogP contribution in [-0.4, -0.2) is 27.5 Å². The zero-order valence-corrected chi connectivity index (χ0v) is 17.8. The number of para-hydroxylation sites is 2. The quantitative estimate of drug-likeness (QED) is 0.361. The summed E-state index contributed by atoms with van der Waals surface area (Å²) in [7, 11) is 0. The highest BCUT2D eigenvalue weighted by Crippen LogP contribution is 2.36. The van der Waals surface area contributed by atoms with Crippen LogP contribution in [0.4, 0.5) is 17.2 Å². The Balaban J connectivity index is 1.79. The van der Waals surface area contributed by atoms with Gasteiger partial charge in [-0.1, -0.05) is 42.5 Å². The summed E-state index contributed by atoms with van der Waals surface area (Å²) in [6.45, 7) is 2.12. The molecule has 6 heteroatoms. The number of ether oxygens (including phenoxy) is 1. The predicted octanol–water partition coefficient (Wildman–Crippen LogP) is 5.23. The number of carbonyl (C=O) groups is 1. The molecule has 32 heavy (non-hydrogen) atoms.